The van der Waals surface area contributed by atoms with Gasteiger partial charge in [0.25, 0.3) is 0 Å². The van der Waals surface area contributed by atoms with Crippen LogP contribution in [0.15, 0.2) is 18.2 Å². The van der Waals surface area contributed by atoms with Gasteiger partial charge in [-0.1, -0.05) is 6.07 Å². The van der Waals surface area contributed by atoms with E-state index in [1.807, 2.05) is 0 Å². The van der Waals surface area contributed by atoms with Crippen LogP contribution in [0.1, 0.15) is 21.5 Å². The van der Waals surface area contributed by atoms with Crippen molar-refractivity contribution in [3.63, 3.8) is 0 Å². The number of carboxylic acid groups (broad SMARTS) is 1. The minimum Gasteiger partial charge on any atom is -0.478 e. The fraction of sp³-hybridized carbons (Fsp3) is 0.333. The highest BCUT2D eigenvalue weighted by molar-refractivity contribution is 5.88. The van der Waals surface area contributed by atoms with Crippen LogP contribution in [0.5, 0.6) is 0 Å². The lowest BCUT2D eigenvalue weighted by molar-refractivity contribution is -0.142. The third kappa shape index (κ3) is 3.29. The summed E-state index contributed by atoms with van der Waals surface area (Å²) < 4.78 is 4.53. The van der Waals surface area contributed by atoms with Crippen LogP contribution < -0.4 is 5.73 Å². The van der Waals surface area contributed by atoms with Gasteiger partial charge >= 0.3 is 11.9 Å². The first-order valence-electron chi connectivity index (χ1n) is 5.12. The molecule has 0 heterocycles. The first-order valence-corrected chi connectivity index (χ1v) is 5.12. The molecule has 0 spiro atoms. The molecule has 0 saturated heterocycles. The molecular weight excluding hydrogens is 222 g/mol. The molecule has 0 unspecified atom stereocenters. The first kappa shape index (κ1) is 13.2. The summed E-state index contributed by atoms with van der Waals surface area (Å²) in [6.45, 7) is 1.78. The smallest absolute Gasteiger partial charge is 0.335 e. The Morgan fingerprint density at radius 3 is 2.59 bits per heavy atom. The lowest BCUT2D eigenvalue weighted by atomic mass is 9.99. The van der Waals surface area contributed by atoms with E-state index in [-0.39, 0.29) is 5.56 Å². The molecule has 92 valence electrons. The number of ether oxygens (including phenoxy) is 1. The minimum absolute atomic E-state index is 0.220. The zero-order valence-electron chi connectivity index (χ0n) is 9.77. The Balaban J connectivity index is 2.86. The fourth-order valence-corrected chi connectivity index (χ4v) is 1.53. The number of esters is 1. The quantitative estimate of drug-likeness (QED) is 0.754. The number of hydrogen-bond acceptors (Lipinski definition) is 4. The lowest BCUT2D eigenvalue weighted by Gasteiger charge is -2.11. The average molecular weight is 237 g/mol. The van der Waals surface area contributed by atoms with Crippen molar-refractivity contribution in [1.29, 1.82) is 0 Å². The molecule has 0 amide bonds. The van der Waals surface area contributed by atoms with E-state index in [9.17, 15) is 9.59 Å². The molecule has 3 N–H and O–H groups in total. The third-order valence-electron chi connectivity index (χ3n) is 2.53. The summed E-state index contributed by atoms with van der Waals surface area (Å²) in [5.74, 6) is -1.45. The number of carboxylic acids is 1. The number of aromatic carboxylic acids is 1. The SMILES string of the molecule is COC(=O)[C@@H](N)Cc1ccc(C(=O)O)cc1C. The summed E-state index contributed by atoms with van der Waals surface area (Å²) in [4.78, 5) is 21.9. The van der Waals surface area contributed by atoms with Crippen molar-refractivity contribution in [3.05, 3.63) is 34.9 Å². The average Bonchev–Trinajstić information content (AvgIpc) is 2.30. The van der Waals surface area contributed by atoms with E-state index in [0.29, 0.717) is 6.42 Å². The van der Waals surface area contributed by atoms with Gasteiger partial charge in [-0.05, 0) is 36.6 Å². The van der Waals surface area contributed by atoms with Crippen molar-refractivity contribution in [2.45, 2.75) is 19.4 Å². The van der Waals surface area contributed by atoms with Gasteiger partial charge in [0.05, 0.1) is 12.7 Å². The van der Waals surface area contributed by atoms with Gasteiger partial charge in [-0.2, -0.15) is 0 Å². The summed E-state index contributed by atoms with van der Waals surface area (Å²) in [5.41, 5.74) is 7.49. The molecular formula is C12H15NO4. The summed E-state index contributed by atoms with van der Waals surface area (Å²) in [6.07, 6.45) is 0.332. The molecule has 0 aliphatic rings. The Kier molecular flexibility index (Phi) is 4.23. The molecule has 0 aromatic heterocycles. The Hall–Kier alpha value is -1.88. The van der Waals surface area contributed by atoms with Gasteiger partial charge in [-0.25, -0.2) is 4.79 Å². The van der Waals surface area contributed by atoms with Crippen LogP contribution in [0.25, 0.3) is 0 Å². The largest absolute Gasteiger partial charge is 0.478 e. The normalized spacial score (nSPS) is 11.9. The Labute approximate surface area is 99.2 Å². The van der Waals surface area contributed by atoms with Crippen molar-refractivity contribution in [2.24, 2.45) is 5.73 Å². The fourth-order valence-electron chi connectivity index (χ4n) is 1.53. The van der Waals surface area contributed by atoms with E-state index in [4.69, 9.17) is 10.8 Å². The van der Waals surface area contributed by atoms with Crippen molar-refractivity contribution in [3.8, 4) is 0 Å². The number of carbonyl (C=O) groups excluding carboxylic acids is 1. The molecule has 0 fully saturated rings. The molecule has 1 atom stereocenters. The molecule has 5 nitrogen and oxygen atoms in total. The second kappa shape index (κ2) is 5.45. The molecule has 1 aromatic carbocycles. The Bertz CT molecular complexity index is 442. The topological polar surface area (TPSA) is 89.6 Å². The molecule has 0 saturated carbocycles. The van der Waals surface area contributed by atoms with Gasteiger partial charge in [0.15, 0.2) is 0 Å². The highest BCUT2D eigenvalue weighted by Crippen LogP contribution is 2.13. The van der Waals surface area contributed by atoms with Crippen LogP contribution in [-0.2, 0) is 16.0 Å². The van der Waals surface area contributed by atoms with Crippen LogP contribution in [0.4, 0.5) is 0 Å². The van der Waals surface area contributed by atoms with Gasteiger partial charge in [-0.3, -0.25) is 4.79 Å². The molecule has 5 heteroatoms. The van der Waals surface area contributed by atoms with Crippen LogP contribution in [0.2, 0.25) is 0 Å². The molecule has 0 radical (unpaired) electrons. The van der Waals surface area contributed by atoms with E-state index < -0.39 is 18.0 Å². The standard InChI is InChI=1S/C12H15NO4/c1-7-5-9(11(14)15)4-3-8(7)6-10(13)12(16)17-2/h3-5,10H,6,13H2,1-2H3,(H,14,15)/t10-/m0/s1. The monoisotopic (exact) mass is 237 g/mol. The van der Waals surface area contributed by atoms with Crippen LogP contribution >= 0.6 is 0 Å². The Morgan fingerprint density at radius 2 is 2.12 bits per heavy atom. The highest BCUT2D eigenvalue weighted by atomic mass is 16.5. The minimum atomic E-state index is -0.975. The number of hydrogen-bond donors (Lipinski definition) is 2. The van der Waals surface area contributed by atoms with Crippen LogP contribution in [0, 0.1) is 6.92 Å². The number of carbonyl (C=O) groups is 2. The van der Waals surface area contributed by atoms with Crippen LogP contribution in [-0.4, -0.2) is 30.2 Å². The first-order chi connectivity index (χ1) is 7.95. The van der Waals surface area contributed by atoms with E-state index in [1.54, 1.807) is 19.1 Å². The van der Waals surface area contributed by atoms with E-state index in [1.165, 1.54) is 13.2 Å². The zero-order valence-corrected chi connectivity index (χ0v) is 9.77. The maximum atomic E-state index is 11.2. The molecule has 17 heavy (non-hydrogen) atoms. The van der Waals surface area contributed by atoms with Gasteiger partial charge in [0.2, 0.25) is 0 Å². The van der Waals surface area contributed by atoms with Crippen LogP contribution in [0.3, 0.4) is 0 Å². The number of aryl methyl sites for hydroxylation is 1. The number of rotatable bonds is 4. The van der Waals surface area contributed by atoms with E-state index in [2.05, 4.69) is 4.74 Å². The van der Waals surface area contributed by atoms with Crippen molar-refractivity contribution in [2.75, 3.05) is 7.11 Å². The molecule has 0 aliphatic heterocycles. The predicted octanol–water partition coefficient (Wildman–Crippen LogP) is 0.736. The molecule has 1 rings (SSSR count). The lowest BCUT2D eigenvalue weighted by Crippen LogP contribution is -2.33. The van der Waals surface area contributed by atoms with Crippen molar-refractivity contribution >= 4 is 11.9 Å². The Morgan fingerprint density at radius 1 is 1.47 bits per heavy atom. The predicted molar refractivity (Wildman–Crippen MR) is 61.8 cm³/mol. The summed E-state index contributed by atoms with van der Waals surface area (Å²) >= 11 is 0. The second-order valence-electron chi connectivity index (χ2n) is 3.78. The maximum Gasteiger partial charge on any atom is 0.335 e. The second-order valence-corrected chi connectivity index (χ2v) is 3.78. The third-order valence-corrected chi connectivity index (χ3v) is 2.53. The maximum absolute atomic E-state index is 11.2. The summed E-state index contributed by atoms with van der Waals surface area (Å²) in [7, 11) is 1.28. The van der Waals surface area contributed by atoms with Gasteiger partial charge in [0.1, 0.15) is 6.04 Å². The number of methoxy groups -OCH3 is 1. The summed E-state index contributed by atoms with van der Waals surface area (Å²) in [6, 6.07) is 3.99. The van der Waals surface area contributed by atoms with E-state index >= 15 is 0 Å². The van der Waals surface area contributed by atoms with E-state index in [0.717, 1.165) is 11.1 Å². The van der Waals surface area contributed by atoms with Gasteiger partial charge < -0.3 is 15.6 Å². The van der Waals surface area contributed by atoms with Gasteiger partial charge in [0, 0.05) is 0 Å². The van der Waals surface area contributed by atoms with Gasteiger partial charge in [-0.15, -0.1) is 0 Å². The molecule has 1 aromatic rings. The highest BCUT2D eigenvalue weighted by Gasteiger charge is 2.16. The zero-order chi connectivity index (χ0) is 13.0. The number of benzene rings is 1. The molecule has 0 bridgehead atoms. The number of nitrogens with two attached hydrogens (primary N) is 1. The molecule has 0 aliphatic carbocycles. The van der Waals surface area contributed by atoms with Crippen molar-refractivity contribution < 1.29 is 19.4 Å². The summed E-state index contributed by atoms with van der Waals surface area (Å²) in [5, 5.41) is 8.81. The van der Waals surface area contributed by atoms with Crippen molar-refractivity contribution in [1.82, 2.24) is 0 Å².